The number of pyridine rings is 1. The lowest BCUT2D eigenvalue weighted by atomic mass is 9.75. The summed E-state index contributed by atoms with van der Waals surface area (Å²) in [5, 5.41) is 0. The third kappa shape index (κ3) is 4.74. The number of carbonyl (C=O) groups is 1. The van der Waals surface area contributed by atoms with Gasteiger partial charge < -0.3 is 4.90 Å². The van der Waals surface area contributed by atoms with Crippen molar-refractivity contribution in [2.45, 2.75) is 44.6 Å². The van der Waals surface area contributed by atoms with Gasteiger partial charge in [-0.3, -0.25) is 9.78 Å². The van der Waals surface area contributed by atoms with Crippen LogP contribution in [-0.2, 0) is 4.79 Å². The zero-order valence-electron chi connectivity index (χ0n) is 15.9. The molecule has 0 saturated heterocycles. The van der Waals surface area contributed by atoms with E-state index in [-0.39, 0.29) is 17.8 Å². The van der Waals surface area contributed by atoms with Crippen LogP contribution in [0.1, 0.15) is 55.3 Å². The number of aromatic nitrogens is 1. The van der Waals surface area contributed by atoms with E-state index in [4.69, 9.17) is 0 Å². The topological polar surface area (TPSA) is 33.2 Å². The fourth-order valence-electron chi connectivity index (χ4n) is 3.99. The molecule has 3 rings (SSSR count). The molecule has 0 spiro atoms. The fraction of sp³-hybridized carbons (Fsp3) is 0.391. The van der Waals surface area contributed by atoms with Gasteiger partial charge >= 0.3 is 0 Å². The summed E-state index contributed by atoms with van der Waals surface area (Å²) in [6.45, 7) is 2.20. The molecule has 1 aliphatic carbocycles. The zero-order chi connectivity index (χ0) is 19.2. The zero-order valence-corrected chi connectivity index (χ0v) is 15.9. The third-order valence-corrected chi connectivity index (χ3v) is 5.54. The standard InChI is InChI=1S/C23H25FN2O/c1-17(21-8-3-4-9-23(21)26(2)16-27)22-13-12-19(15-25-22)11-10-18-6-5-7-20(24)14-18/h5-7,12-17,21,23H,3-4,8-9H2,1-2H3. The number of hydrogen-bond donors (Lipinski definition) is 0. The Bertz CT molecular complexity index is 837. The molecule has 4 heteroatoms. The first-order valence-corrected chi connectivity index (χ1v) is 9.49. The van der Waals surface area contributed by atoms with Crippen molar-refractivity contribution in [1.82, 2.24) is 9.88 Å². The van der Waals surface area contributed by atoms with Gasteiger partial charge in [-0.1, -0.05) is 37.7 Å². The van der Waals surface area contributed by atoms with Gasteiger partial charge in [0, 0.05) is 42.0 Å². The average molecular weight is 364 g/mol. The highest BCUT2D eigenvalue weighted by Gasteiger charge is 2.32. The summed E-state index contributed by atoms with van der Waals surface area (Å²) in [5.41, 5.74) is 2.48. The maximum atomic E-state index is 13.2. The van der Waals surface area contributed by atoms with Gasteiger partial charge in [0.1, 0.15) is 5.82 Å². The molecule has 2 aromatic rings. The summed E-state index contributed by atoms with van der Waals surface area (Å²) in [4.78, 5) is 17.7. The van der Waals surface area contributed by atoms with Crippen LogP contribution >= 0.6 is 0 Å². The molecule has 3 nitrogen and oxygen atoms in total. The van der Waals surface area contributed by atoms with Crippen LogP contribution in [0.25, 0.3) is 0 Å². The number of carbonyl (C=O) groups excluding carboxylic acids is 1. The minimum atomic E-state index is -0.286. The van der Waals surface area contributed by atoms with E-state index in [2.05, 4.69) is 23.7 Å². The van der Waals surface area contributed by atoms with E-state index in [0.29, 0.717) is 11.5 Å². The van der Waals surface area contributed by atoms with E-state index < -0.39 is 0 Å². The van der Waals surface area contributed by atoms with Crippen LogP contribution in [0.4, 0.5) is 4.39 Å². The summed E-state index contributed by atoms with van der Waals surface area (Å²) in [7, 11) is 1.88. The third-order valence-electron chi connectivity index (χ3n) is 5.54. The molecule has 0 bridgehead atoms. The molecule has 0 radical (unpaired) electrons. The van der Waals surface area contributed by atoms with Gasteiger partial charge in [0.25, 0.3) is 0 Å². The van der Waals surface area contributed by atoms with Crippen molar-refractivity contribution in [2.24, 2.45) is 5.92 Å². The Hall–Kier alpha value is -2.67. The second kappa shape index (κ2) is 8.81. The molecule has 1 fully saturated rings. The summed E-state index contributed by atoms with van der Waals surface area (Å²) in [5.74, 6) is 6.42. The molecule has 1 aromatic carbocycles. The van der Waals surface area contributed by atoms with Crippen molar-refractivity contribution in [3.8, 4) is 11.8 Å². The van der Waals surface area contributed by atoms with E-state index in [1.54, 1.807) is 18.3 Å². The highest BCUT2D eigenvalue weighted by Crippen LogP contribution is 2.37. The summed E-state index contributed by atoms with van der Waals surface area (Å²) >= 11 is 0. The minimum Gasteiger partial charge on any atom is -0.345 e. The average Bonchev–Trinajstić information content (AvgIpc) is 2.71. The molecule has 3 atom stereocenters. The minimum absolute atomic E-state index is 0.278. The largest absolute Gasteiger partial charge is 0.345 e. The first kappa shape index (κ1) is 19.1. The number of halogens is 1. The monoisotopic (exact) mass is 364 g/mol. The molecule has 1 aliphatic rings. The van der Waals surface area contributed by atoms with Crippen LogP contribution < -0.4 is 0 Å². The Morgan fingerprint density at radius 2 is 1.96 bits per heavy atom. The van der Waals surface area contributed by atoms with Crippen molar-refractivity contribution < 1.29 is 9.18 Å². The molecule has 0 N–H and O–H groups in total. The Labute approximate surface area is 160 Å². The van der Waals surface area contributed by atoms with Crippen LogP contribution in [-0.4, -0.2) is 29.4 Å². The lowest BCUT2D eigenvalue weighted by Crippen LogP contribution is -2.41. The normalized spacial score (nSPS) is 20.3. The molecule has 1 aromatic heterocycles. The van der Waals surface area contributed by atoms with E-state index in [0.717, 1.165) is 30.5 Å². The van der Waals surface area contributed by atoms with Crippen LogP contribution in [0.15, 0.2) is 42.6 Å². The second-order valence-electron chi connectivity index (χ2n) is 7.31. The molecule has 1 saturated carbocycles. The number of rotatable bonds is 4. The maximum Gasteiger partial charge on any atom is 0.209 e. The predicted molar refractivity (Wildman–Crippen MR) is 105 cm³/mol. The van der Waals surface area contributed by atoms with Crippen molar-refractivity contribution in [1.29, 1.82) is 0 Å². The number of amides is 1. The van der Waals surface area contributed by atoms with Gasteiger partial charge in [-0.25, -0.2) is 4.39 Å². The molecule has 3 unspecified atom stereocenters. The lowest BCUT2D eigenvalue weighted by Gasteiger charge is -2.39. The number of nitrogens with zero attached hydrogens (tertiary/aromatic N) is 2. The molecule has 27 heavy (non-hydrogen) atoms. The van der Waals surface area contributed by atoms with Gasteiger partial charge in [-0.05, 0) is 49.1 Å². The van der Waals surface area contributed by atoms with Crippen molar-refractivity contribution in [3.05, 3.63) is 65.2 Å². The second-order valence-corrected chi connectivity index (χ2v) is 7.31. The van der Waals surface area contributed by atoms with E-state index >= 15 is 0 Å². The predicted octanol–water partition coefficient (Wildman–Crippen LogP) is 4.37. The van der Waals surface area contributed by atoms with E-state index in [1.165, 1.54) is 25.0 Å². The van der Waals surface area contributed by atoms with Crippen LogP contribution in [0.2, 0.25) is 0 Å². The van der Waals surface area contributed by atoms with Gasteiger partial charge in [-0.15, -0.1) is 0 Å². The Kier molecular flexibility index (Phi) is 6.24. The highest BCUT2D eigenvalue weighted by atomic mass is 19.1. The van der Waals surface area contributed by atoms with Crippen molar-refractivity contribution >= 4 is 6.41 Å². The van der Waals surface area contributed by atoms with E-state index in [1.807, 2.05) is 24.1 Å². The molecular weight excluding hydrogens is 339 g/mol. The summed E-state index contributed by atoms with van der Waals surface area (Å²) in [6, 6.07) is 10.5. The van der Waals surface area contributed by atoms with Gasteiger partial charge in [0.2, 0.25) is 6.41 Å². The fourth-order valence-corrected chi connectivity index (χ4v) is 3.99. The molecule has 140 valence electrons. The quantitative estimate of drug-likeness (QED) is 0.596. The van der Waals surface area contributed by atoms with Crippen LogP contribution in [0, 0.1) is 23.6 Å². The van der Waals surface area contributed by atoms with Crippen molar-refractivity contribution in [3.63, 3.8) is 0 Å². The van der Waals surface area contributed by atoms with Gasteiger partial charge in [0.15, 0.2) is 0 Å². The SMILES string of the molecule is CC(c1ccc(C#Cc2cccc(F)c2)cn1)C1CCCCC1N(C)C=O. The number of benzene rings is 1. The summed E-state index contributed by atoms with van der Waals surface area (Å²) < 4.78 is 13.2. The molecule has 0 aliphatic heterocycles. The number of hydrogen-bond acceptors (Lipinski definition) is 2. The highest BCUT2D eigenvalue weighted by molar-refractivity contribution is 5.47. The molecule has 1 amide bonds. The Balaban J connectivity index is 1.73. The van der Waals surface area contributed by atoms with Gasteiger partial charge in [0.05, 0.1) is 0 Å². The van der Waals surface area contributed by atoms with Crippen LogP contribution in [0.5, 0.6) is 0 Å². The smallest absolute Gasteiger partial charge is 0.209 e. The van der Waals surface area contributed by atoms with Gasteiger partial charge in [-0.2, -0.15) is 0 Å². The molecule has 1 heterocycles. The van der Waals surface area contributed by atoms with Crippen molar-refractivity contribution in [2.75, 3.05) is 7.05 Å². The summed E-state index contributed by atoms with van der Waals surface area (Å²) in [6.07, 6.45) is 7.27. The molecular formula is C23H25FN2O. The van der Waals surface area contributed by atoms with Crippen LogP contribution in [0.3, 0.4) is 0 Å². The maximum absolute atomic E-state index is 13.2. The van der Waals surface area contributed by atoms with E-state index in [9.17, 15) is 9.18 Å². The lowest BCUT2D eigenvalue weighted by molar-refractivity contribution is -0.120. The Morgan fingerprint density at radius 3 is 2.67 bits per heavy atom. The first-order chi connectivity index (χ1) is 13.1. The first-order valence-electron chi connectivity index (χ1n) is 9.49. The Morgan fingerprint density at radius 1 is 1.19 bits per heavy atom.